The van der Waals surface area contributed by atoms with Gasteiger partial charge in [-0.1, -0.05) is 18.2 Å². The van der Waals surface area contributed by atoms with Gasteiger partial charge in [0.05, 0.1) is 18.8 Å². The predicted octanol–water partition coefficient (Wildman–Crippen LogP) is 5.76. The molecular weight excluding hydrogens is 517 g/mol. The maximum Gasteiger partial charge on any atom is 0.303 e. The molecule has 7 heteroatoms. The zero-order valence-electron chi connectivity index (χ0n) is 18.0. The Labute approximate surface area is 200 Å². The molecule has 1 N–H and O–H groups in total. The molecule has 0 spiro atoms. The van der Waals surface area contributed by atoms with Crippen LogP contribution in [0, 0.1) is 13.8 Å². The number of carboxylic acids is 1. The van der Waals surface area contributed by atoms with Crippen LogP contribution >= 0.6 is 22.6 Å². The van der Waals surface area contributed by atoms with Crippen molar-refractivity contribution < 1.29 is 14.7 Å². The first kappa shape index (κ1) is 22.3. The van der Waals surface area contributed by atoms with Gasteiger partial charge in [-0.25, -0.2) is 4.98 Å². The minimum Gasteiger partial charge on any atom is -0.481 e. The lowest BCUT2D eigenvalue weighted by atomic mass is 9.99. The van der Waals surface area contributed by atoms with E-state index in [1.165, 1.54) is 5.56 Å². The minimum atomic E-state index is -0.808. The number of nitrogens with zero attached hydrogens (tertiary/aromatic N) is 3. The van der Waals surface area contributed by atoms with Crippen molar-refractivity contribution in [3.05, 3.63) is 89.1 Å². The largest absolute Gasteiger partial charge is 0.481 e. The quantitative estimate of drug-likeness (QED) is 0.304. The smallest absolute Gasteiger partial charge is 0.303 e. The van der Waals surface area contributed by atoms with E-state index in [2.05, 4.69) is 41.1 Å². The molecule has 1 atom stereocenters. The summed E-state index contributed by atoms with van der Waals surface area (Å²) in [7, 11) is 0. The van der Waals surface area contributed by atoms with Crippen LogP contribution in [0.15, 0.2) is 66.9 Å². The highest BCUT2D eigenvalue weighted by Crippen LogP contribution is 2.42. The number of hydrogen-bond acceptors (Lipinski definition) is 4. The second-order valence-corrected chi connectivity index (χ2v) is 8.98. The lowest BCUT2D eigenvalue weighted by Crippen LogP contribution is -2.25. The number of carboxylic acid groups (broad SMARTS) is 1. The molecule has 6 nitrogen and oxygen atoms in total. The first-order chi connectivity index (χ1) is 15.3. The highest BCUT2D eigenvalue weighted by Gasteiger charge is 2.30. The van der Waals surface area contributed by atoms with E-state index >= 15 is 0 Å². The number of aromatic nitrogens is 2. The van der Waals surface area contributed by atoms with E-state index in [1.54, 1.807) is 35.1 Å². The summed E-state index contributed by atoms with van der Waals surface area (Å²) in [5.74, 6) is -0.808. The highest BCUT2D eigenvalue weighted by atomic mass is 127. The third-order valence-electron chi connectivity index (χ3n) is 5.86. The van der Waals surface area contributed by atoms with Gasteiger partial charge in [-0.2, -0.15) is 0 Å². The van der Waals surface area contributed by atoms with E-state index in [4.69, 9.17) is 0 Å². The number of allylic oxidation sites excluding steroid dienone is 1. The lowest BCUT2D eigenvalue weighted by Gasteiger charge is -2.32. The molecule has 1 aliphatic heterocycles. The number of aryl methyl sites for hydroxylation is 2. The van der Waals surface area contributed by atoms with Crippen LogP contribution < -0.4 is 4.90 Å². The lowest BCUT2D eigenvalue weighted by molar-refractivity contribution is -0.136. The van der Waals surface area contributed by atoms with Gasteiger partial charge >= 0.3 is 5.97 Å². The molecular formula is C25H24IN3O3. The Kier molecular flexibility index (Phi) is 6.45. The molecule has 1 unspecified atom stereocenters. The van der Waals surface area contributed by atoms with Gasteiger partial charge in [0.2, 0.25) is 3.79 Å². The second kappa shape index (κ2) is 9.28. The molecule has 4 rings (SSSR count). The monoisotopic (exact) mass is 541 g/mol. The van der Waals surface area contributed by atoms with Gasteiger partial charge in [0.15, 0.2) is 0 Å². The molecule has 2 aromatic carbocycles. The minimum absolute atomic E-state index is 0.00239. The van der Waals surface area contributed by atoms with E-state index in [9.17, 15) is 14.7 Å². The van der Waals surface area contributed by atoms with Crippen molar-refractivity contribution in [2.45, 2.75) is 39.2 Å². The molecule has 32 heavy (non-hydrogen) atoms. The fourth-order valence-electron chi connectivity index (χ4n) is 4.34. The van der Waals surface area contributed by atoms with Crippen molar-refractivity contribution in [1.82, 2.24) is 9.55 Å². The number of carbonyl (C=O) groups is 2. The number of benzene rings is 2. The molecule has 3 aromatic rings. The van der Waals surface area contributed by atoms with E-state index in [0.29, 0.717) is 12.0 Å². The molecule has 164 valence electrons. The average Bonchev–Trinajstić information content (AvgIpc) is 3.42. The van der Waals surface area contributed by atoms with Crippen molar-refractivity contribution in [2.75, 3.05) is 4.90 Å². The summed E-state index contributed by atoms with van der Waals surface area (Å²) >= 11 is 1.80. The summed E-state index contributed by atoms with van der Waals surface area (Å²) in [5.41, 5.74) is 7.05. The summed E-state index contributed by atoms with van der Waals surface area (Å²) < 4.78 is 1.99. The van der Waals surface area contributed by atoms with Gasteiger partial charge in [-0.3, -0.25) is 9.59 Å². The van der Waals surface area contributed by atoms with Crippen LogP contribution in [-0.2, 0) is 4.79 Å². The maximum absolute atomic E-state index is 11.8. The third kappa shape index (κ3) is 4.48. The predicted molar refractivity (Wildman–Crippen MR) is 133 cm³/mol. The second-order valence-electron chi connectivity index (χ2n) is 8.00. The fraction of sp³-hybridized carbons (Fsp3) is 0.240. The molecule has 0 aliphatic carbocycles. The number of carbonyl (C=O) groups excluding carboxylic acids is 1. The zero-order valence-corrected chi connectivity index (χ0v) is 20.1. The van der Waals surface area contributed by atoms with E-state index in [0.717, 1.165) is 34.6 Å². The Morgan fingerprint density at radius 2 is 1.88 bits per heavy atom. The molecule has 2 heterocycles. The first-order valence-corrected chi connectivity index (χ1v) is 11.5. The summed E-state index contributed by atoms with van der Waals surface area (Å²) in [4.78, 5) is 29.4. The van der Waals surface area contributed by atoms with Gasteiger partial charge in [-0.05, 0) is 67.6 Å². The van der Waals surface area contributed by atoms with Gasteiger partial charge in [0.1, 0.15) is 0 Å². The van der Waals surface area contributed by atoms with Gasteiger partial charge in [0, 0.05) is 57.6 Å². The van der Waals surface area contributed by atoms with Crippen LogP contribution in [0.2, 0.25) is 0 Å². The van der Waals surface area contributed by atoms with Crippen LogP contribution in [0.1, 0.15) is 52.4 Å². The molecule has 0 radical (unpaired) electrons. The number of hydrogen-bond donors (Lipinski definition) is 1. The van der Waals surface area contributed by atoms with Crippen LogP contribution in [0.25, 0.3) is 5.69 Å². The number of imidazole rings is 1. The summed E-state index contributed by atoms with van der Waals surface area (Å²) in [5, 5.41) is 9.23. The first-order valence-electron chi connectivity index (χ1n) is 10.4. The molecule has 0 saturated heterocycles. The van der Waals surface area contributed by atoms with E-state index in [-0.39, 0.29) is 16.3 Å². The van der Waals surface area contributed by atoms with Crippen LogP contribution in [0.4, 0.5) is 5.69 Å². The van der Waals surface area contributed by atoms with Crippen molar-refractivity contribution in [2.24, 2.45) is 0 Å². The Morgan fingerprint density at radius 3 is 2.50 bits per heavy atom. The fourth-order valence-corrected chi connectivity index (χ4v) is 4.68. The van der Waals surface area contributed by atoms with E-state index < -0.39 is 5.97 Å². The van der Waals surface area contributed by atoms with Gasteiger partial charge in [0.25, 0.3) is 0 Å². The molecule has 0 saturated carbocycles. The number of anilines is 1. The number of rotatable bonds is 7. The van der Waals surface area contributed by atoms with Gasteiger partial charge < -0.3 is 14.6 Å². The topological polar surface area (TPSA) is 75.4 Å². The van der Waals surface area contributed by atoms with Crippen molar-refractivity contribution in [1.29, 1.82) is 0 Å². The van der Waals surface area contributed by atoms with Gasteiger partial charge in [-0.15, -0.1) is 0 Å². The van der Waals surface area contributed by atoms with E-state index in [1.807, 2.05) is 35.9 Å². The van der Waals surface area contributed by atoms with Crippen molar-refractivity contribution in [3.8, 4) is 5.69 Å². The molecule has 1 aliphatic rings. The highest BCUT2D eigenvalue weighted by molar-refractivity contribution is 14.1. The Hall–Kier alpha value is -2.94. The van der Waals surface area contributed by atoms with Crippen molar-refractivity contribution in [3.63, 3.8) is 0 Å². The summed E-state index contributed by atoms with van der Waals surface area (Å²) in [6.45, 7) is 4.08. The third-order valence-corrected chi connectivity index (χ3v) is 6.49. The normalized spacial score (nSPS) is 15.7. The SMILES string of the molecule is Cc1cc(C(=O)I)ccc1N1C(CCC(=O)O)=CCC1c1ccc(-n2ccnc2)c(C)c1. The Balaban J connectivity index is 1.72. The average molecular weight is 541 g/mol. The summed E-state index contributed by atoms with van der Waals surface area (Å²) in [6, 6.07) is 12.2. The number of aliphatic carboxylic acids is 1. The van der Waals surface area contributed by atoms with Crippen LogP contribution in [-0.4, -0.2) is 24.4 Å². The molecule has 0 fully saturated rings. The standard InChI is InChI=1S/C25H24IN3O3/c1-16-13-18(3-7-21(16)28-12-11-27-15-28)23-9-5-20(6-10-24(30)31)29(23)22-8-4-19(25(26)32)14-17(22)2/h3-5,7-8,11-15,23H,6,9-10H2,1-2H3,(H,30,31). The molecule has 0 amide bonds. The maximum atomic E-state index is 11.8. The molecule has 0 bridgehead atoms. The zero-order chi connectivity index (χ0) is 22.8. The van der Waals surface area contributed by atoms with Crippen LogP contribution in [0.5, 0.6) is 0 Å². The van der Waals surface area contributed by atoms with Crippen molar-refractivity contribution >= 4 is 38.0 Å². The molecule has 1 aromatic heterocycles. The Morgan fingerprint density at radius 1 is 1.12 bits per heavy atom. The number of halogens is 1. The Bertz CT molecular complexity index is 1200. The summed E-state index contributed by atoms with van der Waals surface area (Å²) in [6.07, 6.45) is 8.96. The van der Waals surface area contributed by atoms with Crippen LogP contribution in [0.3, 0.4) is 0 Å².